The third kappa shape index (κ3) is 3.13. The second-order valence-corrected chi connectivity index (χ2v) is 5.52. The minimum atomic E-state index is 0.104. The summed E-state index contributed by atoms with van der Waals surface area (Å²) in [6, 6.07) is 18.5. The topological polar surface area (TPSA) is 9.23 Å². The van der Waals surface area contributed by atoms with Crippen LogP contribution < -0.4 is 4.74 Å². The molecule has 0 unspecified atom stereocenters. The third-order valence-corrected chi connectivity index (χ3v) is 2.93. The molecule has 0 aromatic heterocycles. The maximum absolute atomic E-state index is 5.95. The van der Waals surface area contributed by atoms with Gasteiger partial charge in [0.2, 0.25) is 0 Å². The van der Waals surface area contributed by atoms with Crippen LogP contribution in [0.5, 0.6) is 5.75 Å². The largest absolute Gasteiger partial charge is 0.489 e. The van der Waals surface area contributed by atoms with E-state index in [1.807, 2.05) is 30.3 Å². The first-order valence-corrected chi connectivity index (χ1v) is 6.33. The zero-order valence-corrected chi connectivity index (χ0v) is 11.3. The Morgan fingerprint density at radius 2 is 1.44 bits per heavy atom. The molecule has 0 aliphatic heterocycles. The van der Waals surface area contributed by atoms with Gasteiger partial charge in [0.15, 0.2) is 0 Å². The van der Waals surface area contributed by atoms with Crippen molar-refractivity contribution in [3.05, 3.63) is 65.7 Å². The highest BCUT2D eigenvalue weighted by Crippen LogP contribution is 2.31. The fourth-order valence-corrected chi connectivity index (χ4v) is 1.95. The van der Waals surface area contributed by atoms with Crippen molar-refractivity contribution in [1.82, 2.24) is 0 Å². The van der Waals surface area contributed by atoms with Gasteiger partial charge in [0.05, 0.1) is 0 Å². The van der Waals surface area contributed by atoms with E-state index in [1.54, 1.807) is 0 Å². The normalized spacial score (nSPS) is 11.3. The minimum Gasteiger partial charge on any atom is -0.489 e. The Bertz CT molecular complexity index is 495. The van der Waals surface area contributed by atoms with E-state index in [9.17, 15) is 0 Å². The van der Waals surface area contributed by atoms with E-state index in [1.165, 1.54) is 11.1 Å². The van der Waals surface area contributed by atoms with E-state index in [0.29, 0.717) is 6.61 Å². The summed E-state index contributed by atoms with van der Waals surface area (Å²) in [4.78, 5) is 0. The molecule has 0 atom stereocenters. The molecular formula is C17H20O. The van der Waals surface area contributed by atoms with Crippen molar-refractivity contribution in [2.75, 3.05) is 0 Å². The van der Waals surface area contributed by atoms with Crippen LogP contribution in [-0.2, 0) is 12.0 Å². The fraction of sp³-hybridized carbons (Fsp3) is 0.294. The van der Waals surface area contributed by atoms with Gasteiger partial charge in [-0.1, -0.05) is 69.3 Å². The van der Waals surface area contributed by atoms with E-state index in [4.69, 9.17) is 4.74 Å². The smallest absolute Gasteiger partial charge is 0.123 e. The van der Waals surface area contributed by atoms with E-state index in [-0.39, 0.29) is 5.41 Å². The number of ether oxygens (including phenoxy) is 1. The summed E-state index contributed by atoms with van der Waals surface area (Å²) in [6.07, 6.45) is 0. The van der Waals surface area contributed by atoms with Crippen molar-refractivity contribution in [3.8, 4) is 5.75 Å². The Morgan fingerprint density at radius 1 is 0.833 bits per heavy atom. The average molecular weight is 240 g/mol. The molecule has 0 radical (unpaired) electrons. The van der Waals surface area contributed by atoms with Crippen LogP contribution in [0.4, 0.5) is 0 Å². The van der Waals surface area contributed by atoms with E-state index in [0.717, 1.165) is 5.75 Å². The van der Waals surface area contributed by atoms with Crippen LogP contribution in [0, 0.1) is 0 Å². The Kier molecular flexibility index (Phi) is 3.71. The molecule has 2 aromatic rings. The van der Waals surface area contributed by atoms with Crippen LogP contribution in [0.2, 0.25) is 0 Å². The maximum atomic E-state index is 5.95. The van der Waals surface area contributed by atoms with E-state index < -0.39 is 0 Å². The molecule has 94 valence electrons. The van der Waals surface area contributed by atoms with Gasteiger partial charge in [0.25, 0.3) is 0 Å². The van der Waals surface area contributed by atoms with Crippen molar-refractivity contribution >= 4 is 0 Å². The first kappa shape index (κ1) is 12.7. The summed E-state index contributed by atoms with van der Waals surface area (Å²) in [7, 11) is 0. The average Bonchev–Trinajstić information content (AvgIpc) is 2.37. The van der Waals surface area contributed by atoms with Crippen molar-refractivity contribution in [2.24, 2.45) is 0 Å². The highest BCUT2D eigenvalue weighted by Gasteiger charge is 2.18. The van der Waals surface area contributed by atoms with Gasteiger partial charge >= 0.3 is 0 Å². The van der Waals surface area contributed by atoms with Crippen LogP contribution in [-0.4, -0.2) is 0 Å². The summed E-state index contributed by atoms with van der Waals surface area (Å²) in [5.74, 6) is 0.980. The van der Waals surface area contributed by atoms with Gasteiger partial charge < -0.3 is 4.74 Å². The lowest BCUT2D eigenvalue weighted by Crippen LogP contribution is -2.13. The Balaban J connectivity index is 2.15. The Hall–Kier alpha value is -1.76. The monoisotopic (exact) mass is 240 g/mol. The minimum absolute atomic E-state index is 0.104. The SMILES string of the molecule is CC(C)(C)c1ccccc1OCc1ccccc1. The van der Waals surface area contributed by atoms with Crippen LogP contribution in [0.3, 0.4) is 0 Å². The van der Waals surface area contributed by atoms with E-state index in [2.05, 4.69) is 45.0 Å². The van der Waals surface area contributed by atoms with Crippen molar-refractivity contribution in [2.45, 2.75) is 32.8 Å². The number of benzene rings is 2. The van der Waals surface area contributed by atoms with Crippen molar-refractivity contribution < 1.29 is 4.74 Å². The number of hydrogen-bond donors (Lipinski definition) is 0. The summed E-state index contributed by atoms with van der Waals surface area (Å²) in [6.45, 7) is 7.24. The van der Waals surface area contributed by atoms with Crippen LogP contribution in [0.1, 0.15) is 31.9 Å². The molecule has 1 heteroatoms. The van der Waals surface area contributed by atoms with Crippen LogP contribution in [0.25, 0.3) is 0 Å². The molecule has 0 aliphatic rings. The molecule has 1 nitrogen and oxygen atoms in total. The highest BCUT2D eigenvalue weighted by atomic mass is 16.5. The molecule has 0 saturated heterocycles. The van der Waals surface area contributed by atoms with Gasteiger partial charge in [0.1, 0.15) is 12.4 Å². The second kappa shape index (κ2) is 5.26. The van der Waals surface area contributed by atoms with Crippen molar-refractivity contribution in [1.29, 1.82) is 0 Å². The Labute approximate surface area is 109 Å². The molecular weight excluding hydrogens is 220 g/mol. The molecule has 0 fully saturated rings. The number of hydrogen-bond acceptors (Lipinski definition) is 1. The molecule has 2 aromatic carbocycles. The molecule has 0 amide bonds. The lowest BCUT2D eigenvalue weighted by atomic mass is 9.86. The lowest BCUT2D eigenvalue weighted by Gasteiger charge is -2.22. The molecule has 18 heavy (non-hydrogen) atoms. The summed E-state index contributed by atoms with van der Waals surface area (Å²) < 4.78 is 5.95. The van der Waals surface area contributed by atoms with Crippen LogP contribution in [0.15, 0.2) is 54.6 Å². The first-order valence-electron chi connectivity index (χ1n) is 6.33. The Morgan fingerprint density at radius 3 is 2.11 bits per heavy atom. The van der Waals surface area contributed by atoms with E-state index >= 15 is 0 Å². The maximum Gasteiger partial charge on any atom is 0.123 e. The molecule has 0 spiro atoms. The molecule has 0 saturated carbocycles. The zero-order chi connectivity index (χ0) is 13.0. The number of rotatable bonds is 3. The predicted octanol–water partition coefficient (Wildman–Crippen LogP) is 4.56. The first-order chi connectivity index (χ1) is 8.57. The summed E-state index contributed by atoms with van der Waals surface area (Å²) in [5.41, 5.74) is 2.55. The second-order valence-electron chi connectivity index (χ2n) is 5.52. The molecule has 0 N–H and O–H groups in total. The standard InChI is InChI=1S/C17H20O/c1-17(2,3)15-11-7-8-12-16(15)18-13-14-9-5-4-6-10-14/h4-12H,13H2,1-3H3. The van der Waals surface area contributed by atoms with Gasteiger partial charge in [-0.05, 0) is 22.6 Å². The molecule has 0 aliphatic carbocycles. The fourth-order valence-electron chi connectivity index (χ4n) is 1.95. The molecule has 0 bridgehead atoms. The van der Waals surface area contributed by atoms with Crippen molar-refractivity contribution in [3.63, 3.8) is 0 Å². The third-order valence-electron chi connectivity index (χ3n) is 2.93. The van der Waals surface area contributed by atoms with Gasteiger partial charge in [-0.3, -0.25) is 0 Å². The molecule has 2 rings (SSSR count). The predicted molar refractivity (Wildman–Crippen MR) is 75.9 cm³/mol. The van der Waals surface area contributed by atoms with Crippen LogP contribution >= 0.6 is 0 Å². The lowest BCUT2D eigenvalue weighted by molar-refractivity contribution is 0.297. The van der Waals surface area contributed by atoms with Gasteiger partial charge in [-0.25, -0.2) is 0 Å². The van der Waals surface area contributed by atoms with Gasteiger partial charge in [-0.15, -0.1) is 0 Å². The summed E-state index contributed by atoms with van der Waals surface area (Å²) in [5, 5.41) is 0. The number of para-hydroxylation sites is 1. The highest BCUT2D eigenvalue weighted by molar-refractivity contribution is 5.38. The molecule has 0 heterocycles. The quantitative estimate of drug-likeness (QED) is 0.764. The van der Waals surface area contributed by atoms with Gasteiger partial charge in [0, 0.05) is 0 Å². The van der Waals surface area contributed by atoms with Gasteiger partial charge in [-0.2, -0.15) is 0 Å². The zero-order valence-electron chi connectivity index (χ0n) is 11.3. The summed E-state index contributed by atoms with van der Waals surface area (Å²) >= 11 is 0.